The third kappa shape index (κ3) is 4.25. The van der Waals surface area contributed by atoms with Gasteiger partial charge in [-0.3, -0.25) is 9.38 Å². The topological polar surface area (TPSA) is 30.2 Å². The molecule has 3 nitrogen and oxygen atoms in total. The first-order valence-corrected chi connectivity index (χ1v) is 19.2. The minimum Gasteiger partial charge on any atom is -0.292 e. The van der Waals surface area contributed by atoms with E-state index < -0.39 is 6.04 Å². The van der Waals surface area contributed by atoms with E-state index >= 15 is 0 Å². The number of pyridine rings is 2. The summed E-state index contributed by atoms with van der Waals surface area (Å²) in [6.45, 7) is 0. The molecule has 3 aromatic heterocycles. The van der Waals surface area contributed by atoms with E-state index in [0.29, 0.717) is 0 Å². The van der Waals surface area contributed by atoms with Crippen LogP contribution in [0.25, 0.3) is 71.0 Å². The molecule has 7 aromatic carbocycles. The number of benzene rings is 7. The zero-order valence-corrected chi connectivity index (χ0v) is 28.1. The van der Waals surface area contributed by atoms with E-state index in [9.17, 15) is 0 Å². The molecule has 0 aliphatic rings. The van der Waals surface area contributed by atoms with Gasteiger partial charge < -0.3 is 0 Å². The highest BCUT2D eigenvalue weighted by molar-refractivity contribution is 8.25. The molecule has 0 unspecified atom stereocenters. The van der Waals surface area contributed by atoms with Crippen molar-refractivity contribution in [3.63, 3.8) is 0 Å². The molecule has 0 bridgehead atoms. The Labute approximate surface area is 288 Å². The van der Waals surface area contributed by atoms with Gasteiger partial charge in [0.1, 0.15) is 5.65 Å². The second-order valence-corrected chi connectivity index (χ2v) is 17.0. The summed E-state index contributed by atoms with van der Waals surface area (Å²) in [6, 6.07) is 54.1. The summed E-state index contributed by atoms with van der Waals surface area (Å²) in [7, 11) is 0. The fraction of sp³-hybridized carbons (Fsp3) is 0. The van der Waals surface area contributed by atoms with Crippen LogP contribution in [0.4, 0.5) is 0 Å². The zero-order valence-electron chi connectivity index (χ0n) is 26.4. The van der Waals surface area contributed by atoms with Gasteiger partial charge in [-0.25, -0.2) is 4.98 Å². The van der Waals surface area contributed by atoms with Crippen LogP contribution >= 0.6 is 6.04 Å². The lowest BCUT2D eigenvalue weighted by molar-refractivity contribution is 1.32. The molecule has 0 atom stereocenters. The molecular formula is C44H28N3PS. The number of aromatic nitrogens is 3. The van der Waals surface area contributed by atoms with Crippen LogP contribution in [0.1, 0.15) is 0 Å². The van der Waals surface area contributed by atoms with Crippen molar-refractivity contribution in [2.45, 2.75) is 0 Å². The predicted molar refractivity (Wildman–Crippen MR) is 212 cm³/mol. The van der Waals surface area contributed by atoms with Crippen LogP contribution in [0.2, 0.25) is 0 Å². The zero-order chi connectivity index (χ0) is 32.5. The van der Waals surface area contributed by atoms with E-state index in [4.69, 9.17) is 16.8 Å². The van der Waals surface area contributed by atoms with Gasteiger partial charge in [-0.15, -0.1) is 0 Å². The summed E-state index contributed by atoms with van der Waals surface area (Å²) in [5, 5.41) is 11.7. The largest absolute Gasteiger partial charge is 0.292 e. The van der Waals surface area contributed by atoms with Gasteiger partial charge in [-0.1, -0.05) is 139 Å². The highest BCUT2D eigenvalue weighted by atomic mass is 32.4. The SMILES string of the molecule is S=P(c1ccccc1)(c1ccccc1)c1ccc2c(c1)c1ccc3ccc(-c4cncc5ccccc45)cc3c1c1nc3ccccc3n21. The molecule has 0 fully saturated rings. The van der Waals surface area contributed by atoms with Crippen molar-refractivity contribution in [1.82, 2.24) is 14.4 Å². The number of hydrogen-bond donors (Lipinski definition) is 0. The summed E-state index contributed by atoms with van der Waals surface area (Å²) in [5.74, 6) is 0. The molecule has 10 rings (SSSR count). The highest BCUT2D eigenvalue weighted by Gasteiger charge is 2.26. The molecule has 0 N–H and O–H groups in total. The maximum absolute atomic E-state index is 6.82. The Kier molecular flexibility index (Phi) is 6.33. The highest BCUT2D eigenvalue weighted by Crippen LogP contribution is 2.45. The van der Waals surface area contributed by atoms with Gasteiger partial charge in [0.15, 0.2) is 0 Å². The first kappa shape index (κ1) is 28.4. The molecule has 0 amide bonds. The Balaban J connectivity index is 1.34. The van der Waals surface area contributed by atoms with Crippen molar-refractivity contribution in [3.05, 3.63) is 170 Å². The fourth-order valence-corrected chi connectivity index (χ4v) is 11.3. The summed E-state index contributed by atoms with van der Waals surface area (Å²) >= 11 is 6.82. The van der Waals surface area contributed by atoms with Crippen LogP contribution in [-0.4, -0.2) is 14.4 Å². The second-order valence-electron chi connectivity index (χ2n) is 12.6. The molecule has 49 heavy (non-hydrogen) atoms. The van der Waals surface area contributed by atoms with Crippen molar-refractivity contribution < 1.29 is 0 Å². The lowest BCUT2D eigenvalue weighted by Gasteiger charge is -2.25. The van der Waals surface area contributed by atoms with Crippen LogP contribution < -0.4 is 15.9 Å². The standard InChI is InChI=1S/C44H28N3PS/c49-48(32-12-3-1-4-13-32,33-14-5-2-6-15-33)34-22-24-41-38(26-34)36-23-21-29-19-20-30(39-28-45-27-31-11-7-8-16-35(31)39)25-37(29)43(36)44-46-40-17-9-10-18-42(40)47(41)44/h1-28H. The average molecular weight is 662 g/mol. The van der Waals surface area contributed by atoms with Crippen LogP contribution in [0.15, 0.2) is 170 Å². The first-order chi connectivity index (χ1) is 24.2. The monoisotopic (exact) mass is 661 g/mol. The lowest BCUT2D eigenvalue weighted by atomic mass is 9.95. The number of para-hydroxylation sites is 2. The number of nitrogens with zero attached hydrogens (tertiary/aromatic N) is 3. The van der Waals surface area contributed by atoms with Gasteiger partial charge in [0.25, 0.3) is 0 Å². The van der Waals surface area contributed by atoms with Crippen LogP contribution in [0, 0.1) is 0 Å². The molecule has 0 aliphatic heterocycles. The number of hydrogen-bond acceptors (Lipinski definition) is 3. The molecule has 0 saturated heterocycles. The summed E-state index contributed by atoms with van der Waals surface area (Å²) in [4.78, 5) is 9.91. The molecule has 0 radical (unpaired) electrons. The molecule has 0 aliphatic carbocycles. The van der Waals surface area contributed by atoms with Gasteiger partial charge >= 0.3 is 0 Å². The van der Waals surface area contributed by atoms with Crippen LogP contribution in [0.3, 0.4) is 0 Å². The van der Waals surface area contributed by atoms with Gasteiger partial charge in [-0.05, 0) is 73.4 Å². The van der Waals surface area contributed by atoms with E-state index in [1.165, 1.54) is 42.8 Å². The summed E-state index contributed by atoms with van der Waals surface area (Å²) in [5.41, 5.74) is 6.41. The van der Waals surface area contributed by atoms with E-state index in [1.807, 2.05) is 12.4 Å². The Bertz CT molecular complexity index is 2920. The minimum absolute atomic E-state index is 0.959. The molecule has 10 aromatic rings. The van der Waals surface area contributed by atoms with Crippen LogP contribution in [-0.2, 0) is 11.8 Å². The molecule has 0 spiro atoms. The number of fused-ring (bicyclic) bond motifs is 11. The molecule has 5 heteroatoms. The lowest BCUT2D eigenvalue weighted by Crippen LogP contribution is -2.24. The van der Waals surface area contributed by atoms with E-state index in [2.05, 4.69) is 167 Å². The van der Waals surface area contributed by atoms with E-state index in [1.54, 1.807) is 0 Å². The van der Waals surface area contributed by atoms with Crippen molar-refractivity contribution in [1.29, 1.82) is 0 Å². The molecular weight excluding hydrogens is 634 g/mol. The molecule has 230 valence electrons. The van der Waals surface area contributed by atoms with Gasteiger partial charge in [0.05, 0.1) is 16.6 Å². The molecule has 3 heterocycles. The normalized spacial score (nSPS) is 12.2. The maximum Gasteiger partial charge on any atom is 0.147 e. The summed E-state index contributed by atoms with van der Waals surface area (Å²) in [6.07, 6.45) is 3.92. The Morgan fingerprint density at radius 3 is 2.02 bits per heavy atom. The fourth-order valence-electron chi connectivity index (χ4n) is 7.59. The summed E-state index contributed by atoms with van der Waals surface area (Å²) < 4.78 is 2.34. The quantitative estimate of drug-likeness (QED) is 0.139. The first-order valence-electron chi connectivity index (χ1n) is 16.4. The van der Waals surface area contributed by atoms with Crippen molar-refractivity contribution >= 4 is 93.7 Å². The second kappa shape index (κ2) is 10.9. The average Bonchev–Trinajstić information content (AvgIpc) is 3.57. The van der Waals surface area contributed by atoms with Gasteiger partial charge in [0.2, 0.25) is 0 Å². The Morgan fingerprint density at radius 2 is 1.20 bits per heavy atom. The van der Waals surface area contributed by atoms with Crippen molar-refractivity contribution in [3.8, 4) is 11.1 Å². The van der Waals surface area contributed by atoms with Crippen molar-refractivity contribution in [2.24, 2.45) is 0 Å². The third-order valence-corrected chi connectivity index (χ3v) is 14.9. The Morgan fingerprint density at radius 1 is 0.490 bits per heavy atom. The van der Waals surface area contributed by atoms with Crippen LogP contribution in [0.5, 0.6) is 0 Å². The van der Waals surface area contributed by atoms with E-state index in [0.717, 1.165) is 44.1 Å². The molecule has 0 saturated carbocycles. The Hall–Kier alpha value is -5.67. The van der Waals surface area contributed by atoms with Gasteiger partial charge in [-0.2, -0.15) is 0 Å². The third-order valence-electron chi connectivity index (χ3n) is 9.90. The maximum atomic E-state index is 6.82. The van der Waals surface area contributed by atoms with E-state index in [-0.39, 0.29) is 0 Å². The predicted octanol–water partition coefficient (Wildman–Crippen LogP) is 9.92. The number of rotatable bonds is 4. The minimum atomic E-state index is -2.37. The number of imidazole rings is 1. The smallest absolute Gasteiger partial charge is 0.147 e. The van der Waals surface area contributed by atoms with Crippen molar-refractivity contribution in [2.75, 3.05) is 0 Å². The van der Waals surface area contributed by atoms with Gasteiger partial charge in [0, 0.05) is 40.2 Å².